The van der Waals surface area contributed by atoms with Crippen molar-refractivity contribution in [2.75, 3.05) is 0 Å². The van der Waals surface area contributed by atoms with Crippen molar-refractivity contribution in [2.24, 2.45) is 0 Å². The van der Waals surface area contributed by atoms with Gasteiger partial charge in [-0.2, -0.15) is 0 Å². The van der Waals surface area contributed by atoms with Crippen LogP contribution in [-0.4, -0.2) is 0 Å². The molecule has 0 atom stereocenters. The van der Waals surface area contributed by atoms with E-state index in [0.29, 0.717) is 11.1 Å². The lowest BCUT2D eigenvalue weighted by Crippen LogP contribution is -1.86. The van der Waals surface area contributed by atoms with Gasteiger partial charge in [0.15, 0.2) is 5.82 Å². The molecule has 0 aliphatic carbocycles. The predicted octanol–water partition coefficient (Wildman–Crippen LogP) is 3.22. The van der Waals surface area contributed by atoms with Crippen LogP contribution in [0.25, 0.3) is 11.1 Å². The minimum absolute atomic E-state index is 0.0528. The van der Waals surface area contributed by atoms with E-state index < -0.39 is 5.82 Å². The SMILES string of the molecule is O=[S+]c1[c]c(-c2ccc(F)cc2)ccc1F. The first-order valence-corrected chi connectivity index (χ1v) is 5.22. The van der Waals surface area contributed by atoms with Crippen molar-refractivity contribution in [3.8, 4) is 11.1 Å². The predicted molar refractivity (Wildman–Crippen MR) is 56.9 cm³/mol. The summed E-state index contributed by atoms with van der Waals surface area (Å²) in [7, 11) is 0. The third-order valence-electron chi connectivity index (χ3n) is 2.10. The van der Waals surface area contributed by atoms with Crippen LogP contribution in [0.5, 0.6) is 0 Å². The van der Waals surface area contributed by atoms with Crippen LogP contribution < -0.4 is 0 Å². The molecule has 0 saturated carbocycles. The monoisotopic (exact) mass is 236 g/mol. The van der Waals surface area contributed by atoms with Crippen molar-refractivity contribution in [1.29, 1.82) is 0 Å². The maximum atomic E-state index is 13.0. The Balaban J connectivity index is 2.48. The van der Waals surface area contributed by atoms with Gasteiger partial charge in [0, 0.05) is 4.21 Å². The second-order valence-electron chi connectivity index (χ2n) is 3.14. The average Bonchev–Trinajstić information content (AvgIpc) is 2.31. The van der Waals surface area contributed by atoms with Crippen LogP contribution in [0, 0.1) is 17.7 Å². The normalized spacial score (nSPS) is 10.1. The lowest BCUT2D eigenvalue weighted by atomic mass is 10.1. The lowest BCUT2D eigenvalue weighted by Gasteiger charge is -1.99. The zero-order chi connectivity index (χ0) is 11.5. The van der Waals surface area contributed by atoms with E-state index in [-0.39, 0.29) is 22.4 Å². The molecule has 4 heteroatoms. The Labute approximate surface area is 95.2 Å². The van der Waals surface area contributed by atoms with Crippen molar-refractivity contribution in [3.63, 3.8) is 0 Å². The Bertz CT molecular complexity index is 523. The topological polar surface area (TPSA) is 17.1 Å². The standard InChI is InChI=1S/C12H6F2OS/c13-10-4-1-8(2-5-10)9-3-6-11(14)12(7-9)16-15/h1-6H/q+1. The van der Waals surface area contributed by atoms with Crippen LogP contribution in [0.2, 0.25) is 0 Å². The molecular formula is C12H6F2OS+. The van der Waals surface area contributed by atoms with Crippen LogP contribution in [0.1, 0.15) is 0 Å². The van der Waals surface area contributed by atoms with E-state index in [2.05, 4.69) is 6.07 Å². The zero-order valence-electron chi connectivity index (χ0n) is 8.04. The van der Waals surface area contributed by atoms with Crippen LogP contribution in [0.4, 0.5) is 8.78 Å². The molecule has 2 rings (SSSR count). The lowest BCUT2D eigenvalue weighted by molar-refractivity contribution is 0.582. The summed E-state index contributed by atoms with van der Waals surface area (Å²) in [5.41, 5.74) is 1.26. The molecule has 1 radical (unpaired) electrons. The fourth-order valence-electron chi connectivity index (χ4n) is 1.31. The van der Waals surface area contributed by atoms with Crippen LogP contribution in [0.15, 0.2) is 41.3 Å². The van der Waals surface area contributed by atoms with Gasteiger partial charge >= 0.3 is 16.6 Å². The number of rotatable bonds is 2. The first-order chi connectivity index (χ1) is 7.70. The maximum absolute atomic E-state index is 13.0. The molecule has 2 aromatic rings. The highest BCUT2D eigenvalue weighted by molar-refractivity contribution is 7.65. The van der Waals surface area contributed by atoms with E-state index in [9.17, 15) is 13.0 Å². The molecule has 0 spiro atoms. The summed E-state index contributed by atoms with van der Waals surface area (Å²) in [5, 5.41) is 0. The van der Waals surface area contributed by atoms with E-state index in [1.165, 1.54) is 24.3 Å². The van der Waals surface area contributed by atoms with Crippen molar-refractivity contribution >= 4 is 11.7 Å². The third kappa shape index (κ3) is 2.12. The molecule has 0 fully saturated rings. The van der Waals surface area contributed by atoms with Gasteiger partial charge in [-0.1, -0.05) is 18.2 Å². The molecule has 0 heterocycles. The Hall–Kier alpha value is -1.68. The van der Waals surface area contributed by atoms with E-state index in [1.54, 1.807) is 12.1 Å². The van der Waals surface area contributed by atoms with E-state index >= 15 is 0 Å². The Morgan fingerprint density at radius 2 is 1.69 bits per heavy atom. The average molecular weight is 236 g/mol. The fraction of sp³-hybridized carbons (Fsp3) is 0. The molecule has 0 unspecified atom stereocenters. The van der Waals surface area contributed by atoms with Gasteiger partial charge in [-0.15, -0.1) is 0 Å². The number of benzene rings is 2. The molecule has 2 aromatic carbocycles. The van der Waals surface area contributed by atoms with E-state index in [4.69, 9.17) is 0 Å². The molecule has 0 bridgehead atoms. The number of halogens is 2. The smallest absolute Gasteiger partial charge is 0.207 e. The van der Waals surface area contributed by atoms with Gasteiger partial charge in [-0.25, -0.2) is 8.78 Å². The Kier molecular flexibility index (Phi) is 3.01. The third-order valence-corrected chi connectivity index (χ3v) is 2.56. The first kappa shape index (κ1) is 10.8. The van der Waals surface area contributed by atoms with E-state index in [1.807, 2.05) is 0 Å². The largest absolute Gasteiger partial charge is 0.509 e. The highest BCUT2D eigenvalue weighted by Crippen LogP contribution is 2.21. The molecule has 0 aliphatic heterocycles. The molecule has 0 aliphatic rings. The molecule has 0 aromatic heterocycles. The highest BCUT2D eigenvalue weighted by atomic mass is 32.1. The van der Waals surface area contributed by atoms with Crippen molar-refractivity contribution in [2.45, 2.75) is 4.90 Å². The summed E-state index contributed by atoms with van der Waals surface area (Å²) in [6.45, 7) is 0. The van der Waals surface area contributed by atoms with E-state index in [0.717, 1.165) is 0 Å². The van der Waals surface area contributed by atoms with Gasteiger partial charge in [0.1, 0.15) is 5.82 Å². The van der Waals surface area contributed by atoms with Crippen molar-refractivity contribution < 1.29 is 13.0 Å². The van der Waals surface area contributed by atoms with Gasteiger partial charge in [0.2, 0.25) is 0 Å². The number of hydrogen-bond acceptors (Lipinski definition) is 1. The summed E-state index contributed by atoms with van der Waals surface area (Å²) < 4.78 is 36.3. The molecule has 0 N–H and O–H groups in total. The summed E-state index contributed by atoms with van der Waals surface area (Å²) in [6, 6.07) is 11.1. The molecule has 0 saturated heterocycles. The quantitative estimate of drug-likeness (QED) is 0.732. The van der Waals surface area contributed by atoms with Gasteiger partial charge in [0.25, 0.3) is 0 Å². The second-order valence-corrected chi connectivity index (χ2v) is 3.71. The van der Waals surface area contributed by atoms with Crippen LogP contribution in [-0.2, 0) is 15.9 Å². The van der Waals surface area contributed by atoms with Gasteiger partial charge in [-0.3, -0.25) is 0 Å². The molecule has 16 heavy (non-hydrogen) atoms. The van der Waals surface area contributed by atoms with Crippen molar-refractivity contribution in [1.82, 2.24) is 0 Å². The Morgan fingerprint density at radius 3 is 2.31 bits per heavy atom. The maximum Gasteiger partial charge on any atom is 0.509 e. The molecule has 79 valence electrons. The molecular weight excluding hydrogens is 230 g/mol. The van der Waals surface area contributed by atoms with Crippen LogP contribution >= 0.6 is 0 Å². The number of hydrogen-bond donors (Lipinski definition) is 0. The molecule has 0 amide bonds. The van der Waals surface area contributed by atoms with Crippen molar-refractivity contribution in [3.05, 3.63) is 54.1 Å². The highest BCUT2D eigenvalue weighted by Gasteiger charge is 2.16. The minimum atomic E-state index is -0.592. The second kappa shape index (κ2) is 4.45. The summed E-state index contributed by atoms with van der Waals surface area (Å²) in [4.78, 5) is -0.0816. The van der Waals surface area contributed by atoms with Gasteiger partial charge < -0.3 is 0 Å². The van der Waals surface area contributed by atoms with Crippen LogP contribution in [0.3, 0.4) is 0 Å². The fourth-order valence-corrected chi connectivity index (χ4v) is 1.61. The summed E-state index contributed by atoms with van der Waals surface area (Å²) in [5.74, 6) is -0.935. The molecule has 1 nitrogen and oxygen atoms in total. The first-order valence-electron chi connectivity index (χ1n) is 4.48. The summed E-state index contributed by atoms with van der Waals surface area (Å²) >= 11 is 0.0528. The zero-order valence-corrected chi connectivity index (χ0v) is 8.85. The minimum Gasteiger partial charge on any atom is -0.207 e. The van der Waals surface area contributed by atoms with Gasteiger partial charge in [0.05, 0.1) is 6.07 Å². The summed E-state index contributed by atoms with van der Waals surface area (Å²) in [6.07, 6.45) is 0. The Morgan fingerprint density at radius 1 is 1.00 bits per heavy atom. The van der Waals surface area contributed by atoms with Gasteiger partial charge in [-0.05, 0) is 29.3 Å².